The number of benzene rings is 2. The third-order valence-electron chi connectivity index (χ3n) is 3.81. The Hall–Kier alpha value is -3.28. The number of rotatable bonds is 9. The van der Waals surface area contributed by atoms with E-state index in [1.165, 1.54) is 7.11 Å². The summed E-state index contributed by atoms with van der Waals surface area (Å²) in [6, 6.07) is 11.5. The number of allylic oxidation sites excluding steroid dienone is 1. The van der Waals surface area contributed by atoms with E-state index in [1.54, 1.807) is 18.4 Å². The molecule has 0 fully saturated rings. The van der Waals surface area contributed by atoms with Crippen molar-refractivity contribution in [3.8, 4) is 11.5 Å². The van der Waals surface area contributed by atoms with E-state index in [-0.39, 0.29) is 0 Å². The average Bonchev–Trinajstić information content (AvgIpc) is 2.65. The molecular weight excluding hydrogens is 344 g/mol. The average molecular weight is 368 g/mol. The molecule has 6 heteroatoms. The van der Waals surface area contributed by atoms with Crippen LogP contribution >= 0.6 is 0 Å². The van der Waals surface area contributed by atoms with Crippen LogP contribution in [0.2, 0.25) is 0 Å². The first-order chi connectivity index (χ1) is 12.9. The summed E-state index contributed by atoms with van der Waals surface area (Å²) in [5, 5.41) is 8.87. The van der Waals surface area contributed by atoms with E-state index < -0.39 is 12.6 Å². The molecule has 0 aromatic heterocycles. The van der Waals surface area contributed by atoms with Crippen molar-refractivity contribution in [2.45, 2.75) is 6.42 Å². The molecule has 6 nitrogen and oxygen atoms in total. The second-order valence-corrected chi connectivity index (χ2v) is 6.06. The molecule has 0 radical (unpaired) electrons. The molecule has 1 N–H and O–H groups in total. The maximum Gasteiger partial charge on any atom is 0.341 e. The number of carboxylic acid groups (broad SMARTS) is 1. The van der Waals surface area contributed by atoms with Crippen LogP contribution in [0.5, 0.6) is 11.5 Å². The Morgan fingerprint density at radius 1 is 1.26 bits per heavy atom. The summed E-state index contributed by atoms with van der Waals surface area (Å²) >= 11 is 0. The van der Waals surface area contributed by atoms with E-state index in [9.17, 15) is 4.79 Å². The number of carbonyl (C=O) groups is 1. The van der Waals surface area contributed by atoms with Crippen LogP contribution in [0.25, 0.3) is 0 Å². The summed E-state index contributed by atoms with van der Waals surface area (Å²) in [5.41, 5.74) is 3.54. The van der Waals surface area contributed by atoms with Gasteiger partial charge in [-0.3, -0.25) is 4.99 Å². The Morgan fingerprint density at radius 2 is 1.96 bits per heavy atom. The highest BCUT2D eigenvalue weighted by atomic mass is 16.5. The summed E-state index contributed by atoms with van der Waals surface area (Å²) in [6.07, 6.45) is 3.98. The highest BCUT2D eigenvalue weighted by Gasteiger charge is 2.13. The molecule has 0 saturated carbocycles. The number of aliphatic imine (C=N–C) groups is 1. The van der Waals surface area contributed by atoms with Crippen LogP contribution in [0.4, 0.5) is 11.4 Å². The zero-order chi connectivity index (χ0) is 19.8. The van der Waals surface area contributed by atoms with Crippen LogP contribution < -0.4 is 14.4 Å². The predicted octanol–water partition coefficient (Wildman–Crippen LogP) is 3.70. The van der Waals surface area contributed by atoms with E-state index in [1.807, 2.05) is 49.3 Å². The van der Waals surface area contributed by atoms with E-state index in [2.05, 4.69) is 11.6 Å². The van der Waals surface area contributed by atoms with Crippen molar-refractivity contribution >= 4 is 23.6 Å². The largest absolute Gasteiger partial charge is 0.493 e. The van der Waals surface area contributed by atoms with Crippen molar-refractivity contribution in [1.82, 2.24) is 0 Å². The Balaban J connectivity index is 2.31. The van der Waals surface area contributed by atoms with Gasteiger partial charge in [0.25, 0.3) is 0 Å². The number of methoxy groups -OCH3 is 1. The summed E-state index contributed by atoms with van der Waals surface area (Å²) < 4.78 is 10.8. The van der Waals surface area contributed by atoms with Gasteiger partial charge in [-0.2, -0.15) is 0 Å². The topological polar surface area (TPSA) is 71.4 Å². The van der Waals surface area contributed by atoms with E-state index in [0.717, 1.165) is 22.5 Å². The number of hydrogen-bond acceptors (Lipinski definition) is 5. The minimum atomic E-state index is -1.05. The van der Waals surface area contributed by atoms with Gasteiger partial charge in [-0.15, -0.1) is 6.58 Å². The van der Waals surface area contributed by atoms with E-state index in [0.29, 0.717) is 17.9 Å². The summed E-state index contributed by atoms with van der Waals surface area (Å²) in [5.74, 6) is -0.180. The van der Waals surface area contributed by atoms with Crippen molar-refractivity contribution < 1.29 is 19.4 Å². The Kier molecular flexibility index (Phi) is 7.00. The van der Waals surface area contributed by atoms with Gasteiger partial charge >= 0.3 is 5.97 Å². The second-order valence-electron chi connectivity index (χ2n) is 6.06. The number of anilines is 1. The number of ether oxygens (including phenoxy) is 2. The lowest BCUT2D eigenvalue weighted by molar-refractivity contribution is -0.139. The fourth-order valence-electron chi connectivity index (χ4n) is 2.50. The molecule has 0 atom stereocenters. The second kappa shape index (κ2) is 9.43. The van der Waals surface area contributed by atoms with Crippen molar-refractivity contribution in [3.05, 3.63) is 60.2 Å². The van der Waals surface area contributed by atoms with Gasteiger partial charge in [-0.05, 0) is 48.4 Å². The zero-order valence-corrected chi connectivity index (χ0v) is 15.8. The molecule has 142 valence electrons. The number of carboxylic acids is 1. The Morgan fingerprint density at radius 3 is 2.52 bits per heavy atom. The van der Waals surface area contributed by atoms with Gasteiger partial charge in [-0.25, -0.2) is 4.79 Å². The zero-order valence-electron chi connectivity index (χ0n) is 15.8. The van der Waals surface area contributed by atoms with Crippen molar-refractivity contribution in [2.75, 3.05) is 32.7 Å². The van der Waals surface area contributed by atoms with Gasteiger partial charge in [0.15, 0.2) is 18.1 Å². The molecule has 2 rings (SSSR count). The van der Waals surface area contributed by atoms with Crippen molar-refractivity contribution in [3.63, 3.8) is 0 Å². The summed E-state index contributed by atoms with van der Waals surface area (Å²) in [4.78, 5) is 17.3. The smallest absolute Gasteiger partial charge is 0.341 e. The lowest BCUT2D eigenvalue weighted by Gasteiger charge is -2.14. The molecule has 0 saturated heterocycles. The normalized spacial score (nSPS) is 10.6. The van der Waals surface area contributed by atoms with Crippen molar-refractivity contribution in [2.24, 2.45) is 4.99 Å². The van der Waals surface area contributed by atoms with Gasteiger partial charge in [0, 0.05) is 31.6 Å². The molecule has 0 unspecified atom stereocenters. The molecule has 0 aliphatic carbocycles. The third-order valence-corrected chi connectivity index (χ3v) is 3.81. The molecule has 2 aromatic rings. The van der Waals surface area contributed by atoms with Gasteiger partial charge < -0.3 is 19.5 Å². The predicted molar refractivity (Wildman–Crippen MR) is 108 cm³/mol. The van der Waals surface area contributed by atoms with Crippen LogP contribution in [0, 0.1) is 0 Å². The maximum absolute atomic E-state index is 10.8. The molecule has 0 aliphatic heterocycles. The number of nitrogens with zero attached hydrogens (tertiary/aromatic N) is 2. The quantitative estimate of drug-likeness (QED) is 0.540. The fourth-order valence-corrected chi connectivity index (χ4v) is 2.50. The molecule has 0 amide bonds. The fraction of sp³-hybridized carbons (Fsp3) is 0.238. The molecule has 27 heavy (non-hydrogen) atoms. The molecule has 0 spiro atoms. The van der Waals surface area contributed by atoms with E-state index >= 15 is 0 Å². The first kappa shape index (κ1) is 20.0. The van der Waals surface area contributed by atoms with Gasteiger partial charge in [0.05, 0.1) is 12.8 Å². The Bertz CT molecular complexity index is 827. The van der Waals surface area contributed by atoms with Crippen LogP contribution in [0.3, 0.4) is 0 Å². The Labute approximate surface area is 159 Å². The van der Waals surface area contributed by atoms with Gasteiger partial charge in [-0.1, -0.05) is 6.08 Å². The number of aliphatic carboxylic acids is 1. The minimum Gasteiger partial charge on any atom is -0.493 e. The summed E-state index contributed by atoms with van der Waals surface area (Å²) in [6.45, 7) is 3.30. The third kappa shape index (κ3) is 5.60. The highest BCUT2D eigenvalue weighted by Crippen LogP contribution is 2.33. The lowest BCUT2D eigenvalue weighted by atomic mass is 10.1. The molecule has 2 aromatic carbocycles. The first-order valence-electron chi connectivity index (χ1n) is 8.42. The standard InChI is InChI=1S/C21H24N2O4/c1-5-6-16-11-15(12-19(26-4)21(16)27-14-20(24)25)13-22-17-7-9-18(10-8-17)23(2)3/h5,7-13H,1,6,14H2,2-4H3,(H,24,25). The molecular formula is C21H24N2O4. The van der Waals surface area contributed by atoms with Crippen molar-refractivity contribution in [1.29, 1.82) is 0 Å². The first-order valence-corrected chi connectivity index (χ1v) is 8.42. The van der Waals surface area contributed by atoms with Gasteiger partial charge in [0.2, 0.25) is 0 Å². The maximum atomic E-state index is 10.8. The monoisotopic (exact) mass is 368 g/mol. The van der Waals surface area contributed by atoms with E-state index in [4.69, 9.17) is 14.6 Å². The highest BCUT2D eigenvalue weighted by molar-refractivity contribution is 5.84. The molecule has 0 heterocycles. The van der Waals surface area contributed by atoms with Crippen LogP contribution in [0.15, 0.2) is 54.0 Å². The molecule has 0 aliphatic rings. The number of hydrogen-bond donors (Lipinski definition) is 1. The lowest BCUT2D eigenvalue weighted by Crippen LogP contribution is -2.11. The molecule has 0 bridgehead atoms. The van der Waals surface area contributed by atoms with Crippen LogP contribution in [-0.4, -0.2) is 45.1 Å². The van der Waals surface area contributed by atoms with Crippen LogP contribution in [-0.2, 0) is 11.2 Å². The summed E-state index contributed by atoms with van der Waals surface area (Å²) in [7, 11) is 5.49. The van der Waals surface area contributed by atoms with Gasteiger partial charge in [0.1, 0.15) is 0 Å². The minimum absolute atomic E-state index is 0.410. The van der Waals surface area contributed by atoms with Crippen LogP contribution in [0.1, 0.15) is 11.1 Å². The SMILES string of the molecule is C=CCc1cc(C=Nc2ccc(N(C)C)cc2)cc(OC)c1OCC(=O)O.